The molecule has 0 amide bonds. The van der Waals surface area contributed by atoms with Gasteiger partial charge < -0.3 is 10.1 Å². The quantitative estimate of drug-likeness (QED) is 0.538. The van der Waals surface area contributed by atoms with Crippen molar-refractivity contribution in [3.05, 3.63) is 30.5 Å². The lowest BCUT2D eigenvalue weighted by Crippen LogP contribution is -2.39. The Labute approximate surface area is 171 Å². The van der Waals surface area contributed by atoms with Gasteiger partial charge in [-0.2, -0.15) is 0 Å². The summed E-state index contributed by atoms with van der Waals surface area (Å²) in [4.78, 5) is 7.16. The highest BCUT2D eigenvalue weighted by Crippen LogP contribution is 2.27. The summed E-state index contributed by atoms with van der Waals surface area (Å²) < 4.78 is 5.45. The molecule has 0 aliphatic heterocycles. The molecule has 0 radical (unpaired) electrons. The Hall–Kier alpha value is -1.52. The lowest BCUT2D eigenvalue weighted by Gasteiger charge is -2.31. The molecule has 0 saturated carbocycles. The van der Waals surface area contributed by atoms with E-state index in [9.17, 15) is 0 Å². The van der Waals surface area contributed by atoms with Crippen LogP contribution < -0.4 is 10.1 Å². The van der Waals surface area contributed by atoms with Crippen molar-refractivity contribution < 1.29 is 4.74 Å². The monoisotopic (exact) mass is 393 g/mol. The van der Waals surface area contributed by atoms with Gasteiger partial charge in [0.15, 0.2) is 0 Å². The molecule has 1 heterocycles. The number of benzene rings is 1. The van der Waals surface area contributed by atoms with Crippen molar-refractivity contribution in [2.75, 3.05) is 32.1 Å². The fourth-order valence-electron chi connectivity index (χ4n) is 3.39. The lowest BCUT2D eigenvalue weighted by atomic mass is 10.1. The molecule has 27 heavy (non-hydrogen) atoms. The van der Waals surface area contributed by atoms with Crippen molar-refractivity contribution in [3.8, 4) is 5.75 Å². The van der Waals surface area contributed by atoms with E-state index in [0.717, 1.165) is 42.0 Å². The zero-order valence-corrected chi connectivity index (χ0v) is 18.3. The molecule has 2 rings (SSSR count). The molecule has 0 spiro atoms. The molecule has 1 atom stereocenters. The van der Waals surface area contributed by atoms with Crippen LogP contribution >= 0.6 is 12.4 Å². The maximum Gasteiger partial charge on any atom is 0.121 e. The van der Waals surface area contributed by atoms with Crippen molar-refractivity contribution in [1.82, 2.24) is 9.88 Å². The molecule has 0 aliphatic rings. The van der Waals surface area contributed by atoms with E-state index in [4.69, 9.17) is 4.74 Å². The van der Waals surface area contributed by atoms with E-state index in [1.807, 2.05) is 24.4 Å². The summed E-state index contributed by atoms with van der Waals surface area (Å²) in [6, 6.07) is 8.74. The molecule has 4 nitrogen and oxygen atoms in total. The number of nitrogens with one attached hydrogen (secondary N) is 1. The number of methoxy groups -OCH3 is 1. The SMILES string of the molecule is CCCCC(C)N(CCNc1cc(OC)cc2cccnc12)CC(C)C.Cl. The number of hydrogen-bond acceptors (Lipinski definition) is 4. The highest BCUT2D eigenvalue weighted by molar-refractivity contribution is 5.91. The predicted octanol–water partition coefficient (Wildman–Crippen LogP) is 5.61. The smallest absolute Gasteiger partial charge is 0.121 e. The Kier molecular flexibility index (Phi) is 10.5. The fraction of sp³-hybridized carbons (Fsp3) is 0.591. The maximum absolute atomic E-state index is 5.45. The van der Waals surface area contributed by atoms with Gasteiger partial charge in [0.1, 0.15) is 5.75 Å². The van der Waals surface area contributed by atoms with Crippen LogP contribution in [-0.2, 0) is 0 Å². The van der Waals surface area contributed by atoms with Gasteiger partial charge in [0.2, 0.25) is 0 Å². The summed E-state index contributed by atoms with van der Waals surface area (Å²) >= 11 is 0. The first kappa shape index (κ1) is 23.5. The van der Waals surface area contributed by atoms with Crippen LogP contribution in [0.4, 0.5) is 5.69 Å². The van der Waals surface area contributed by atoms with Crippen molar-refractivity contribution in [2.45, 2.75) is 53.0 Å². The lowest BCUT2D eigenvalue weighted by molar-refractivity contribution is 0.182. The van der Waals surface area contributed by atoms with Crippen LogP contribution in [0.1, 0.15) is 47.0 Å². The number of rotatable bonds is 11. The van der Waals surface area contributed by atoms with Crippen LogP contribution in [0.25, 0.3) is 10.9 Å². The number of ether oxygens (including phenoxy) is 1. The standard InChI is InChI=1S/C22H35N3O.ClH/c1-6-7-9-18(4)25(16-17(2)3)13-12-23-21-15-20(26-5)14-19-10-8-11-24-22(19)21;/h8,10-11,14-15,17-18,23H,6-7,9,12-13,16H2,1-5H3;1H. The molecular weight excluding hydrogens is 358 g/mol. The average Bonchev–Trinajstić information content (AvgIpc) is 2.64. The van der Waals surface area contributed by atoms with Crippen molar-refractivity contribution in [1.29, 1.82) is 0 Å². The second-order valence-corrected chi connectivity index (χ2v) is 7.56. The highest BCUT2D eigenvalue weighted by Gasteiger charge is 2.15. The van der Waals surface area contributed by atoms with Gasteiger partial charge in [0.25, 0.3) is 0 Å². The van der Waals surface area contributed by atoms with Gasteiger partial charge in [0.05, 0.1) is 18.3 Å². The summed E-state index contributed by atoms with van der Waals surface area (Å²) in [6.45, 7) is 12.3. The number of halogens is 1. The van der Waals surface area contributed by atoms with Gasteiger partial charge in [-0.1, -0.05) is 39.7 Å². The Morgan fingerprint density at radius 1 is 1.22 bits per heavy atom. The van der Waals surface area contributed by atoms with Gasteiger partial charge in [-0.3, -0.25) is 9.88 Å². The molecule has 2 aromatic rings. The summed E-state index contributed by atoms with van der Waals surface area (Å²) in [5.74, 6) is 1.54. The van der Waals surface area contributed by atoms with Gasteiger partial charge in [-0.05, 0) is 31.4 Å². The van der Waals surface area contributed by atoms with E-state index in [1.165, 1.54) is 19.3 Å². The largest absolute Gasteiger partial charge is 0.497 e. The van der Waals surface area contributed by atoms with Crippen LogP contribution in [0.2, 0.25) is 0 Å². The molecular formula is C22H36ClN3O. The summed E-state index contributed by atoms with van der Waals surface area (Å²) in [5, 5.41) is 4.69. The minimum atomic E-state index is 0. The second kappa shape index (κ2) is 12.0. The van der Waals surface area contributed by atoms with Crippen molar-refractivity contribution >= 4 is 29.0 Å². The summed E-state index contributed by atoms with van der Waals surface area (Å²) in [7, 11) is 1.71. The maximum atomic E-state index is 5.45. The minimum absolute atomic E-state index is 0. The van der Waals surface area contributed by atoms with E-state index >= 15 is 0 Å². The number of aromatic nitrogens is 1. The van der Waals surface area contributed by atoms with E-state index in [1.54, 1.807) is 7.11 Å². The number of anilines is 1. The third kappa shape index (κ3) is 7.19. The van der Waals surface area contributed by atoms with E-state index in [-0.39, 0.29) is 12.4 Å². The average molecular weight is 394 g/mol. The molecule has 152 valence electrons. The van der Waals surface area contributed by atoms with Crippen LogP contribution in [0.5, 0.6) is 5.75 Å². The highest BCUT2D eigenvalue weighted by atomic mass is 35.5. The van der Waals surface area contributed by atoms with Gasteiger partial charge in [-0.25, -0.2) is 0 Å². The molecule has 1 N–H and O–H groups in total. The number of fused-ring (bicyclic) bond motifs is 1. The Bertz CT molecular complexity index is 678. The number of pyridine rings is 1. The van der Waals surface area contributed by atoms with Gasteiger partial charge in [0, 0.05) is 43.3 Å². The second-order valence-electron chi connectivity index (χ2n) is 7.56. The molecule has 1 aromatic heterocycles. The first-order valence-corrected chi connectivity index (χ1v) is 9.95. The molecule has 0 bridgehead atoms. The van der Waals surface area contributed by atoms with E-state index in [0.29, 0.717) is 12.0 Å². The Morgan fingerprint density at radius 2 is 2.00 bits per heavy atom. The van der Waals surface area contributed by atoms with Crippen molar-refractivity contribution in [3.63, 3.8) is 0 Å². The van der Waals surface area contributed by atoms with E-state index in [2.05, 4.69) is 49.0 Å². The zero-order chi connectivity index (χ0) is 18.9. The van der Waals surface area contributed by atoms with Crippen LogP contribution in [-0.4, -0.2) is 42.7 Å². The van der Waals surface area contributed by atoms with Crippen LogP contribution in [0.3, 0.4) is 0 Å². The van der Waals surface area contributed by atoms with Crippen LogP contribution in [0.15, 0.2) is 30.5 Å². The van der Waals surface area contributed by atoms with Crippen LogP contribution in [0, 0.1) is 5.92 Å². The summed E-state index contributed by atoms with van der Waals surface area (Å²) in [5.41, 5.74) is 2.05. The first-order valence-electron chi connectivity index (χ1n) is 9.95. The molecule has 1 unspecified atom stereocenters. The molecule has 5 heteroatoms. The minimum Gasteiger partial charge on any atom is -0.497 e. The summed E-state index contributed by atoms with van der Waals surface area (Å²) in [6.07, 6.45) is 5.68. The Morgan fingerprint density at radius 3 is 2.67 bits per heavy atom. The third-order valence-corrected chi connectivity index (χ3v) is 4.83. The normalized spacial score (nSPS) is 12.3. The third-order valence-electron chi connectivity index (χ3n) is 4.83. The predicted molar refractivity (Wildman–Crippen MR) is 119 cm³/mol. The number of hydrogen-bond donors (Lipinski definition) is 1. The zero-order valence-electron chi connectivity index (χ0n) is 17.5. The van der Waals surface area contributed by atoms with E-state index < -0.39 is 0 Å². The van der Waals surface area contributed by atoms with Gasteiger partial charge >= 0.3 is 0 Å². The van der Waals surface area contributed by atoms with Gasteiger partial charge in [-0.15, -0.1) is 12.4 Å². The Balaban J connectivity index is 0.00000364. The topological polar surface area (TPSA) is 37.4 Å². The molecule has 1 aromatic carbocycles. The molecule has 0 saturated heterocycles. The molecule has 0 aliphatic carbocycles. The number of nitrogens with zero attached hydrogens (tertiary/aromatic N) is 2. The first-order chi connectivity index (χ1) is 12.5. The number of unbranched alkanes of at least 4 members (excludes halogenated alkanes) is 1. The molecule has 0 fully saturated rings. The fourth-order valence-corrected chi connectivity index (χ4v) is 3.39. The van der Waals surface area contributed by atoms with Crippen molar-refractivity contribution in [2.24, 2.45) is 5.92 Å².